The van der Waals surface area contributed by atoms with Crippen LogP contribution in [0.1, 0.15) is 59.3 Å². The van der Waals surface area contributed by atoms with E-state index < -0.39 is 0 Å². The summed E-state index contributed by atoms with van der Waals surface area (Å²) in [5.74, 6) is 0. The zero-order valence-electron chi connectivity index (χ0n) is 11.5. The molecule has 0 radical (unpaired) electrons. The van der Waals surface area contributed by atoms with Crippen molar-refractivity contribution in [2.24, 2.45) is 0 Å². The Morgan fingerprint density at radius 2 is 2.19 bits per heavy atom. The lowest BCUT2D eigenvalue weighted by molar-refractivity contribution is 0.158. The fourth-order valence-electron chi connectivity index (χ4n) is 2.66. The second kappa shape index (κ2) is 8.08. The van der Waals surface area contributed by atoms with Gasteiger partial charge in [0.25, 0.3) is 0 Å². The normalized spacial score (nSPS) is 24.6. The lowest BCUT2D eigenvalue weighted by Crippen LogP contribution is -2.39. The van der Waals surface area contributed by atoms with E-state index in [4.69, 9.17) is 0 Å². The molecule has 0 aliphatic carbocycles. The van der Waals surface area contributed by atoms with E-state index >= 15 is 0 Å². The highest BCUT2D eigenvalue weighted by Crippen LogP contribution is 2.16. The summed E-state index contributed by atoms with van der Waals surface area (Å²) in [6.07, 6.45) is 8.14. The summed E-state index contributed by atoms with van der Waals surface area (Å²) in [5, 5.41) is 3.61. The van der Waals surface area contributed by atoms with Gasteiger partial charge in [-0.2, -0.15) is 0 Å². The standard InChI is InChI=1S/C14H30N2/c1-4-8-13(2)15-10-7-12-16-11-6-5-9-14(16)3/h13-15H,4-12H2,1-3H3. The highest BCUT2D eigenvalue weighted by Gasteiger charge is 2.16. The molecule has 0 amide bonds. The molecule has 0 saturated carbocycles. The minimum Gasteiger partial charge on any atom is -0.314 e. The van der Waals surface area contributed by atoms with Gasteiger partial charge in [0.05, 0.1) is 0 Å². The first-order valence-electron chi connectivity index (χ1n) is 7.21. The van der Waals surface area contributed by atoms with Gasteiger partial charge in [-0.1, -0.05) is 19.8 Å². The Kier molecular flexibility index (Phi) is 7.06. The third kappa shape index (κ3) is 5.31. The number of hydrogen-bond donors (Lipinski definition) is 1. The Labute approximate surface area is 102 Å². The molecule has 2 atom stereocenters. The van der Waals surface area contributed by atoms with E-state index in [2.05, 4.69) is 31.0 Å². The van der Waals surface area contributed by atoms with Crippen LogP contribution in [0.4, 0.5) is 0 Å². The fraction of sp³-hybridized carbons (Fsp3) is 1.00. The first-order chi connectivity index (χ1) is 7.74. The minimum atomic E-state index is 0.698. The van der Waals surface area contributed by atoms with Crippen molar-refractivity contribution in [1.29, 1.82) is 0 Å². The van der Waals surface area contributed by atoms with Crippen LogP contribution in [0.5, 0.6) is 0 Å². The van der Waals surface area contributed by atoms with Crippen LogP contribution in [0.15, 0.2) is 0 Å². The van der Waals surface area contributed by atoms with E-state index in [9.17, 15) is 0 Å². The summed E-state index contributed by atoms with van der Waals surface area (Å²) in [5.41, 5.74) is 0. The molecule has 1 fully saturated rings. The molecule has 1 heterocycles. The SMILES string of the molecule is CCCC(C)NCCCN1CCCCC1C. The molecular weight excluding hydrogens is 196 g/mol. The van der Waals surface area contributed by atoms with Gasteiger partial charge >= 0.3 is 0 Å². The van der Waals surface area contributed by atoms with Crippen molar-refractivity contribution in [3.63, 3.8) is 0 Å². The molecule has 16 heavy (non-hydrogen) atoms. The van der Waals surface area contributed by atoms with Crippen LogP contribution in [0.3, 0.4) is 0 Å². The maximum Gasteiger partial charge on any atom is 0.00669 e. The summed E-state index contributed by atoms with van der Waals surface area (Å²) in [6.45, 7) is 10.7. The van der Waals surface area contributed by atoms with Gasteiger partial charge in [0.1, 0.15) is 0 Å². The number of likely N-dealkylation sites (tertiary alicyclic amines) is 1. The van der Waals surface area contributed by atoms with Crippen LogP contribution in [-0.4, -0.2) is 36.6 Å². The van der Waals surface area contributed by atoms with Crippen LogP contribution in [0, 0.1) is 0 Å². The second-order valence-corrected chi connectivity index (χ2v) is 5.38. The van der Waals surface area contributed by atoms with Gasteiger partial charge in [0.2, 0.25) is 0 Å². The van der Waals surface area contributed by atoms with Gasteiger partial charge in [0, 0.05) is 12.1 Å². The Morgan fingerprint density at radius 1 is 1.38 bits per heavy atom. The van der Waals surface area contributed by atoms with Crippen LogP contribution in [0.25, 0.3) is 0 Å². The molecule has 1 rings (SSSR count). The largest absolute Gasteiger partial charge is 0.314 e. The molecule has 2 heteroatoms. The van der Waals surface area contributed by atoms with Crippen molar-refractivity contribution in [2.75, 3.05) is 19.6 Å². The van der Waals surface area contributed by atoms with Crippen molar-refractivity contribution in [3.05, 3.63) is 0 Å². The van der Waals surface area contributed by atoms with Crippen molar-refractivity contribution in [1.82, 2.24) is 10.2 Å². The molecule has 2 nitrogen and oxygen atoms in total. The predicted molar refractivity (Wildman–Crippen MR) is 71.9 cm³/mol. The maximum atomic E-state index is 3.61. The quantitative estimate of drug-likeness (QED) is 0.671. The number of nitrogens with zero attached hydrogens (tertiary/aromatic N) is 1. The minimum absolute atomic E-state index is 0.698. The molecule has 0 bridgehead atoms. The maximum absolute atomic E-state index is 3.61. The van der Waals surface area contributed by atoms with Crippen molar-refractivity contribution < 1.29 is 0 Å². The molecule has 0 spiro atoms. The van der Waals surface area contributed by atoms with Crippen LogP contribution >= 0.6 is 0 Å². The molecule has 1 saturated heterocycles. The lowest BCUT2D eigenvalue weighted by atomic mass is 10.0. The first kappa shape index (κ1) is 14.0. The van der Waals surface area contributed by atoms with Crippen molar-refractivity contribution >= 4 is 0 Å². The molecule has 0 aromatic heterocycles. The van der Waals surface area contributed by atoms with Gasteiger partial charge in [-0.15, -0.1) is 0 Å². The number of rotatable bonds is 7. The Bertz CT molecular complexity index is 170. The molecule has 2 unspecified atom stereocenters. The Balaban J connectivity index is 2.01. The topological polar surface area (TPSA) is 15.3 Å². The van der Waals surface area contributed by atoms with Crippen molar-refractivity contribution in [3.8, 4) is 0 Å². The summed E-state index contributed by atoms with van der Waals surface area (Å²) >= 11 is 0. The average Bonchev–Trinajstić information content (AvgIpc) is 2.27. The molecule has 0 aromatic carbocycles. The van der Waals surface area contributed by atoms with Gasteiger partial charge in [0.15, 0.2) is 0 Å². The average molecular weight is 226 g/mol. The number of nitrogens with one attached hydrogen (secondary N) is 1. The zero-order chi connectivity index (χ0) is 11.8. The van der Waals surface area contributed by atoms with Gasteiger partial charge in [-0.05, 0) is 59.2 Å². The Hall–Kier alpha value is -0.0800. The fourth-order valence-corrected chi connectivity index (χ4v) is 2.66. The number of hydrogen-bond acceptors (Lipinski definition) is 2. The van der Waals surface area contributed by atoms with E-state index in [0.717, 1.165) is 6.04 Å². The molecule has 1 aliphatic rings. The smallest absolute Gasteiger partial charge is 0.00669 e. The van der Waals surface area contributed by atoms with Gasteiger partial charge < -0.3 is 10.2 Å². The molecular formula is C14H30N2. The summed E-state index contributed by atoms with van der Waals surface area (Å²) < 4.78 is 0. The van der Waals surface area contributed by atoms with E-state index in [-0.39, 0.29) is 0 Å². The second-order valence-electron chi connectivity index (χ2n) is 5.38. The van der Waals surface area contributed by atoms with Crippen LogP contribution in [-0.2, 0) is 0 Å². The molecule has 1 N–H and O–H groups in total. The highest BCUT2D eigenvalue weighted by atomic mass is 15.2. The van der Waals surface area contributed by atoms with Crippen LogP contribution < -0.4 is 5.32 Å². The van der Waals surface area contributed by atoms with E-state index in [0.29, 0.717) is 6.04 Å². The molecule has 1 aliphatic heterocycles. The summed E-state index contributed by atoms with van der Waals surface area (Å²) in [6, 6.07) is 1.52. The van der Waals surface area contributed by atoms with Crippen LogP contribution in [0.2, 0.25) is 0 Å². The Morgan fingerprint density at radius 3 is 2.88 bits per heavy atom. The predicted octanol–water partition coefficient (Wildman–Crippen LogP) is 3.03. The number of piperidine rings is 1. The third-order valence-electron chi connectivity index (χ3n) is 3.78. The monoisotopic (exact) mass is 226 g/mol. The lowest BCUT2D eigenvalue weighted by Gasteiger charge is -2.33. The third-order valence-corrected chi connectivity index (χ3v) is 3.78. The molecule has 96 valence electrons. The molecule has 0 aromatic rings. The summed E-state index contributed by atoms with van der Waals surface area (Å²) in [7, 11) is 0. The van der Waals surface area contributed by atoms with E-state index in [1.54, 1.807) is 0 Å². The van der Waals surface area contributed by atoms with Gasteiger partial charge in [-0.25, -0.2) is 0 Å². The summed E-state index contributed by atoms with van der Waals surface area (Å²) in [4.78, 5) is 2.66. The highest BCUT2D eigenvalue weighted by molar-refractivity contribution is 4.73. The van der Waals surface area contributed by atoms with E-state index in [1.165, 1.54) is 58.2 Å². The van der Waals surface area contributed by atoms with E-state index in [1.807, 2.05) is 0 Å². The zero-order valence-corrected chi connectivity index (χ0v) is 11.5. The first-order valence-corrected chi connectivity index (χ1v) is 7.21. The van der Waals surface area contributed by atoms with Crippen molar-refractivity contribution in [2.45, 2.75) is 71.4 Å². The van der Waals surface area contributed by atoms with Gasteiger partial charge in [-0.3, -0.25) is 0 Å².